The Morgan fingerprint density at radius 3 is 2.73 bits per heavy atom. The zero-order valence-corrected chi connectivity index (χ0v) is 11.6. The molecule has 0 aliphatic carbocycles. The minimum absolute atomic E-state index is 0.227. The van der Waals surface area contributed by atoms with Crippen LogP contribution in [0.25, 0.3) is 5.69 Å². The summed E-state index contributed by atoms with van der Waals surface area (Å²) in [6.07, 6.45) is 0. The predicted molar refractivity (Wildman–Crippen MR) is 77.7 cm³/mol. The third kappa shape index (κ3) is 2.00. The van der Waals surface area contributed by atoms with Gasteiger partial charge < -0.3 is 4.74 Å². The number of para-hydroxylation sites is 2. The van der Waals surface area contributed by atoms with Gasteiger partial charge in [-0.2, -0.15) is 5.10 Å². The maximum atomic E-state index is 13.0. The molecule has 0 amide bonds. The maximum Gasteiger partial charge on any atom is 0.351 e. The molecule has 1 aliphatic rings. The van der Waals surface area contributed by atoms with Crippen molar-refractivity contribution in [3.05, 3.63) is 76.2 Å². The molecule has 4 rings (SSSR count). The van der Waals surface area contributed by atoms with E-state index in [1.165, 1.54) is 16.8 Å². The lowest BCUT2D eigenvalue weighted by Gasteiger charge is -2.16. The molecule has 6 heteroatoms. The monoisotopic (exact) mass is 297 g/mol. The molecule has 2 heterocycles. The molecule has 5 nitrogen and oxygen atoms in total. The molecule has 1 aromatic heterocycles. The number of ether oxygens (including phenoxy) is 1. The molecule has 3 aromatic rings. The fourth-order valence-electron chi connectivity index (χ4n) is 2.56. The van der Waals surface area contributed by atoms with Gasteiger partial charge in [0.25, 0.3) is 0 Å². The zero-order chi connectivity index (χ0) is 15.1. The van der Waals surface area contributed by atoms with Crippen LogP contribution in [0.5, 0.6) is 5.75 Å². The molecular weight excluding hydrogens is 285 g/mol. The first-order chi connectivity index (χ1) is 10.7. The lowest BCUT2D eigenvalue weighted by atomic mass is 10.2. The van der Waals surface area contributed by atoms with Gasteiger partial charge in [-0.15, -0.1) is 0 Å². The molecule has 0 bridgehead atoms. The quantitative estimate of drug-likeness (QED) is 0.728. The van der Waals surface area contributed by atoms with Crippen molar-refractivity contribution < 1.29 is 9.13 Å². The van der Waals surface area contributed by atoms with Crippen LogP contribution in [0, 0.1) is 5.82 Å². The summed E-state index contributed by atoms with van der Waals surface area (Å²) < 4.78 is 21.5. The highest BCUT2D eigenvalue weighted by molar-refractivity contribution is 5.48. The topological polar surface area (TPSA) is 49.0 Å². The van der Waals surface area contributed by atoms with Gasteiger partial charge in [0.15, 0.2) is 5.82 Å². The summed E-state index contributed by atoms with van der Waals surface area (Å²) in [5, 5.41) is 4.32. The van der Waals surface area contributed by atoms with E-state index in [9.17, 15) is 9.18 Å². The van der Waals surface area contributed by atoms with Crippen LogP contribution >= 0.6 is 0 Å². The van der Waals surface area contributed by atoms with Crippen molar-refractivity contribution >= 4 is 0 Å². The van der Waals surface area contributed by atoms with Gasteiger partial charge in [0, 0.05) is 0 Å². The summed E-state index contributed by atoms with van der Waals surface area (Å²) in [5.41, 5.74) is 1.28. The Kier molecular flexibility index (Phi) is 2.82. The Labute approximate surface area is 125 Å². The van der Waals surface area contributed by atoms with Crippen molar-refractivity contribution in [1.82, 2.24) is 14.3 Å². The van der Waals surface area contributed by atoms with E-state index < -0.39 is 0 Å². The average Bonchev–Trinajstić information content (AvgIpc) is 2.86. The number of halogens is 1. The molecule has 0 radical (unpaired) electrons. The van der Waals surface area contributed by atoms with E-state index >= 15 is 0 Å². The summed E-state index contributed by atoms with van der Waals surface area (Å²) in [4.78, 5) is 12.6. The van der Waals surface area contributed by atoms with Crippen molar-refractivity contribution in [2.24, 2.45) is 0 Å². The summed E-state index contributed by atoms with van der Waals surface area (Å²) in [7, 11) is 0. The largest absolute Gasteiger partial charge is 0.483 e. The molecule has 110 valence electrons. The van der Waals surface area contributed by atoms with Gasteiger partial charge in [0.2, 0.25) is 0 Å². The molecule has 2 aromatic carbocycles. The van der Waals surface area contributed by atoms with Crippen molar-refractivity contribution in [3.63, 3.8) is 0 Å². The van der Waals surface area contributed by atoms with Crippen LogP contribution in [0.1, 0.15) is 11.4 Å². The second-order valence-corrected chi connectivity index (χ2v) is 5.07. The number of nitrogens with zero attached hydrogens (tertiary/aromatic N) is 3. The van der Waals surface area contributed by atoms with Crippen LogP contribution in [0.4, 0.5) is 4.39 Å². The third-order valence-electron chi connectivity index (χ3n) is 3.61. The fraction of sp³-hybridized carbons (Fsp3) is 0.125. The SMILES string of the molecule is O=c1n(Cc2ccc(F)cc2)nc2n1-c1ccccc1OC2. The number of benzene rings is 2. The summed E-state index contributed by atoms with van der Waals surface area (Å²) in [6.45, 7) is 0.546. The maximum absolute atomic E-state index is 13.0. The number of aromatic nitrogens is 3. The minimum Gasteiger partial charge on any atom is -0.483 e. The molecule has 0 saturated heterocycles. The van der Waals surface area contributed by atoms with E-state index in [-0.39, 0.29) is 18.1 Å². The van der Waals surface area contributed by atoms with Crippen molar-refractivity contribution in [3.8, 4) is 11.4 Å². The van der Waals surface area contributed by atoms with Gasteiger partial charge in [-0.1, -0.05) is 24.3 Å². The van der Waals surface area contributed by atoms with E-state index in [4.69, 9.17) is 4.74 Å². The first-order valence-electron chi connectivity index (χ1n) is 6.88. The molecule has 0 atom stereocenters. The van der Waals surface area contributed by atoms with Gasteiger partial charge >= 0.3 is 5.69 Å². The molecule has 1 aliphatic heterocycles. The first-order valence-corrected chi connectivity index (χ1v) is 6.88. The van der Waals surface area contributed by atoms with Gasteiger partial charge in [0.05, 0.1) is 12.2 Å². The molecule has 0 spiro atoms. The lowest BCUT2D eigenvalue weighted by molar-refractivity contribution is 0.278. The Morgan fingerprint density at radius 2 is 1.91 bits per heavy atom. The second kappa shape index (κ2) is 4.84. The van der Waals surface area contributed by atoms with Gasteiger partial charge in [-0.25, -0.2) is 18.4 Å². The summed E-state index contributed by atoms with van der Waals surface area (Å²) in [5.74, 6) is 0.923. The summed E-state index contributed by atoms with van der Waals surface area (Å²) in [6, 6.07) is 13.4. The highest BCUT2D eigenvalue weighted by atomic mass is 19.1. The Hall–Kier alpha value is -2.89. The van der Waals surface area contributed by atoms with Gasteiger partial charge in [-0.3, -0.25) is 0 Å². The van der Waals surface area contributed by atoms with Crippen LogP contribution in [0.3, 0.4) is 0 Å². The Balaban J connectivity index is 1.77. The van der Waals surface area contributed by atoms with E-state index in [0.717, 1.165) is 5.56 Å². The normalized spacial score (nSPS) is 12.4. The standard InChI is InChI=1S/C16H12FN3O2/c17-12-7-5-11(6-8-12)9-19-16(21)20-13-3-1-2-4-14(13)22-10-15(20)18-19/h1-8H,9-10H2. The Bertz CT molecular complexity index is 896. The van der Waals surface area contributed by atoms with Crippen LogP contribution in [0.2, 0.25) is 0 Å². The molecule has 0 unspecified atom stereocenters. The minimum atomic E-state index is -0.303. The zero-order valence-electron chi connectivity index (χ0n) is 11.6. The first kappa shape index (κ1) is 12.8. The molecular formula is C16H12FN3O2. The molecule has 0 N–H and O–H groups in total. The highest BCUT2D eigenvalue weighted by Crippen LogP contribution is 2.26. The van der Waals surface area contributed by atoms with Crippen LogP contribution in [-0.4, -0.2) is 14.3 Å². The number of fused-ring (bicyclic) bond motifs is 3. The Morgan fingerprint density at radius 1 is 1.14 bits per heavy atom. The van der Waals surface area contributed by atoms with Gasteiger partial charge in [0.1, 0.15) is 18.2 Å². The number of rotatable bonds is 2. The van der Waals surface area contributed by atoms with E-state index in [0.29, 0.717) is 23.8 Å². The number of hydrogen-bond donors (Lipinski definition) is 0. The third-order valence-corrected chi connectivity index (χ3v) is 3.61. The van der Waals surface area contributed by atoms with Crippen LogP contribution < -0.4 is 10.4 Å². The fourth-order valence-corrected chi connectivity index (χ4v) is 2.56. The van der Waals surface area contributed by atoms with Crippen LogP contribution in [0.15, 0.2) is 53.3 Å². The smallest absolute Gasteiger partial charge is 0.351 e. The van der Waals surface area contributed by atoms with Gasteiger partial charge in [-0.05, 0) is 29.8 Å². The second-order valence-electron chi connectivity index (χ2n) is 5.07. The average molecular weight is 297 g/mol. The number of hydrogen-bond acceptors (Lipinski definition) is 3. The van der Waals surface area contributed by atoms with E-state index in [1.807, 2.05) is 24.3 Å². The van der Waals surface area contributed by atoms with E-state index in [1.54, 1.807) is 16.7 Å². The highest BCUT2D eigenvalue weighted by Gasteiger charge is 2.22. The van der Waals surface area contributed by atoms with Crippen molar-refractivity contribution in [2.75, 3.05) is 0 Å². The molecule has 0 fully saturated rings. The molecule has 22 heavy (non-hydrogen) atoms. The predicted octanol–water partition coefficient (Wildman–Crippen LogP) is 2.11. The lowest BCUT2D eigenvalue weighted by Crippen LogP contribution is -2.26. The van der Waals surface area contributed by atoms with Crippen LogP contribution in [-0.2, 0) is 13.2 Å². The van der Waals surface area contributed by atoms with Crippen molar-refractivity contribution in [1.29, 1.82) is 0 Å². The summed E-state index contributed by atoms with van der Waals surface area (Å²) >= 11 is 0. The molecule has 0 saturated carbocycles. The van der Waals surface area contributed by atoms with E-state index in [2.05, 4.69) is 5.10 Å². The van der Waals surface area contributed by atoms with Crippen molar-refractivity contribution in [2.45, 2.75) is 13.2 Å².